The molecule has 0 unspecified atom stereocenters. The highest BCUT2D eigenvalue weighted by molar-refractivity contribution is 5.95. The lowest BCUT2D eigenvalue weighted by atomic mass is 10.2. The summed E-state index contributed by atoms with van der Waals surface area (Å²) in [6.45, 7) is 7.92. The van der Waals surface area contributed by atoms with E-state index in [9.17, 15) is 4.79 Å². The molecule has 0 aliphatic carbocycles. The van der Waals surface area contributed by atoms with Gasteiger partial charge in [-0.2, -0.15) is 0 Å². The van der Waals surface area contributed by atoms with Gasteiger partial charge in [0.1, 0.15) is 23.8 Å². The molecule has 1 heterocycles. The van der Waals surface area contributed by atoms with Crippen molar-refractivity contribution in [2.24, 2.45) is 0 Å². The molecule has 0 aliphatic rings. The van der Waals surface area contributed by atoms with Crippen molar-refractivity contribution in [2.45, 2.75) is 39.9 Å². The van der Waals surface area contributed by atoms with Crippen LogP contribution < -0.4 is 9.64 Å². The van der Waals surface area contributed by atoms with Gasteiger partial charge in [-0.1, -0.05) is 36.4 Å². The zero-order valence-electron chi connectivity index (χ0n) is 17.3. The van der Waals surface area contributed by atoms with Crippen molar-refractivity contribution in [3.05, 3.63) is 84.1 Å². The lowest BCUT2D eigenvalue weighted by molar-refractivity contribution is 0.0598. The first-order valence-corrected chi connectivity index (χ1v) is 9.54. The minimum Gasteiger partial charge on any atom is -0.489 e. The maximum Gasteiger partial charge on any atom is 0.420 e. The van der Waals surface area contributed by atoms with Crippen molar-refractivity contribution in [1.82, 2.24) is 4.98 Å². The highest BCUT2D eigenvalue weighted by atomic mass is 16.6. The normalized spacial score (nSPS) is 11.0. The van der Waals surface area contributed by atoms with Crippen molar-refractivity contribution >= 4 is 17.6 Å². The standard InChI is InChI=1S/C24H26N2O3/c1-18-13-14-25-22(15-18)26(23(27)29-24(2,3)4)20-11-8-12-21(16-20)28-17-19-9-6-5-7-10-19/h5-16H,17H2,1-4H3. The van der Waals surface area contributed by atoms with E-state index in [2.05, 4.69) is 4.98 Å². The van der Waals surface area contributed by atoms with E-state index in [1.54, 1.807) is 6.20 Å². The van der Waals surface area contributed by atoms with E-state index in [-0.39, 0.29) is 0 Å². The number of aromatic nitrogens is 1. The highest BCUT2D eigenvalue weighted by Gasteiger charge is 2.26. The number of aryl methyl sites for hydroxylation is 1. The molecule has 0 aliphatic heterocycles. The highest BCUT2D eigenvalue weighted by Crippen LogP contribution is 2.30. The van der Waals surface area contributed by atoms with Crippen molar-refractivity contribution in [1.29, 1.82) is 0 Å². The Balaban J connectivity index is 1.90. The Morgan fingerprint density at radius 1 is 1.00 bits per heavy atom. The van der Waals surface area contributed by atoms with E-state index in [1.165, 1.54) is 4.90 Å². The molecule has 1 amide bonds. The second kappa shape index (κ2) is 8.78. The zero-order chi connectivity index (χ0) is 20.9. The lowest BCUT2D eigenvalue weighted by Crippen LogP contribution is -2.34. The second-order valence-corrected chi connectivity index (χ2v) is 7.78. The molecule has 0 saturated heterocycles. The number of nitrogens with zero attached hydrogens (tertiary/aromatic N) is 2. The monoisotopic (exact) mass is 390 g/mol. The molecular formula is C24H26N2O3. The molecule has 0 N–H and O–H groups in total. The molecule has 150 valence electrons. The number of ether oxygens (including phenoxy) is 2. The number of carbonyl (C=O) groups is 1. The maximum atomic E-state index is 13.0. The van der Waals surface area contributed by atoms with Gasteiger partial charge in [-0.15, -0.1) is 0 Å². The first kappa shape index (κ1) is 20.4. The minimum atomic E-state index is -0.624. The Morgan fingerprint density at radius 2 is 1.76 bits per heavy atom. The molecule has 1 aromatic heterocycles. The topological polar surface area (TPSA) is 51.7 Å². The van der Waals surface area contributed by atoms with Crippen molar-refractivity contribution in [3.63, 3.8) is 0 Å². The number of rotatable bonds is 5. The predicted octanol–water partition coefficient (Wildman–Crippen LogP) is 6.04. The molecule has 3 rings (SSSR count). The molecule has 3 aromatic rings. The van der Waals surface area contributed by atoms with Gasteiger partial charge in [0.25, 0.3) is 0 Å². The van der Waals surface area contributed by atoms with E-state index >= 15 is 0 Å². The Labute approximate surface area is 171 Å². The molecule has 2 aromatic carbocycles. The summed E-state index contributed by atoms with van der Waals surface area (Å²) in [4.78, 5) is 18.8. The van der Waals surface area contributed by atoms with Crippen molar-refractivity contribution in [3.8, 4) is 5.75 Å². The van der Waals surface area contributed by atoms with Gasteiger partial charge in [-0.25, -0.2) is 14.7 Å². The van der Waals surface area contributed by atoms with Crippen LogP contribution in [0.1, 0.15) is 31.9 Å². The smallest absolute Gasteiger partial charge is 0.420 e. The number of hydrogen-bond donors (Lipinski definition) is 0. The van der Waals surface area contributed by atoms with Crippen LogP contribution in [0.5, 0.6) is 5.75 Å². The third-order valence-corrected chi connectivity index (χ3v) is 4.03. The van der Waals surface area contributed by atoms with E-state index in [1.807, 2.05) is 94.4 Å². The van der Waals surface area contributed by atoms with Crippen LogP contribution in [0.15, 0.2) is 72.9 Å². The van der Waals surface area contributed by atoms with Crippen LogP contribution in [0.25, 0.3) is 0 Å². The third kappa shape index (κ3) is 5.82. The Kier molecular flexibility index (Phi) is 6.17. The minimum absolute atomic E-state index is 0.444. The van der Waals surface area contributed by atoms with Crippen LogP contribution in [-0.4, -0.2) is 16.7 Å². The second-order valence-electron chi connectivity index (χ2n) is 7.78. The Morgan fingerprint density at radius 3 is 2.45 bits per heavy atom. The summed E-state index contributed by atoms with van der Waals surface area (Å²) in [5.41, 5.74) is 2.07. The number of hydrogen-bond acceptors (Lipinski definition) is 4. The SMILES string of the molecule is Cc1ccnc(N(C(=O)OC(C)(C)C)c2cccc(OCc3ccccc3)c2)c1. The molecule has 0 bridgehead atoms. The number of anilines is 2. The fraction of sp³-hybridized carbons (Fsp3) is 0.250. The molecule has 0 spiro atoms. The number of benzene rings is 2. The van der Waals surface area contributed by atoms with Gasteiger partial charge in [0.15, 0.2) is 0 Å². The van der Waals surface area contributed by atoms with Gasteiger partial charge < -0.3 is 9.47 Å². The first-order valence-electron chi connectivity index (χ1n) is 9.54. The largest absolute Gasteiger partial charge is 0.489 e. The summed E-state index contributed by atoms with van der Waals surface area (Å²) in [6.07, 6.45) is 1.19. The molecule has 0 atom stereocenters. The van der Waals surface area contributed by atoms with Crippen LogP contribution >= 0.6 is 0 Å². The Hall–Kier alpha value is -3.34. The summed E-state index contributed by atoms with van der Waals surface area (Å²) in [5, 5.41) is 0. The van der Waals surface area contributed by atoms with Crippen molar-refractivity contribution < 1.29 is 14.3 Å². The summed E-state index contributed by atoms with van der Waals surface area (Å²) in [7, 11) is 0. The molecule has 5 heteroatoms. The van der Waals surface area contributed by atoms with E-state index in [0.29, 0.717) is 23.9 Å². The zero-order valence-corrected chi connectivity index (χ0v) is 17.3. The third-order valence-electron chi connectivity index (χ3n) is 4.03. The van der Waals surface area contributed by atoms with Gasteiger partial charge in [0, 0.05) is 12.3 Å². The van der Waals surface area contributed by atoms with Crippen molar-refractivity contribution in [2.75, 3.05) is 4.90 Å². The summed E-state index contributed by atoms with van der Waals surface area (Å²) in [5.74, 6) is 1.16. The van der Waals surface area contributed by atoms with Crippen LogP contribution in [0.4, 0.5) is 16.3 Å². The van der Waals surface area contributed by atoms with Crippen LogP contribution in [0.2, 0.25) is 0 Å². The van der Waals surface area contributed by atoms with Crippen LogP contribution in [0.3, 0.4) is 0 Å². The Bertz CT molecular complexity index is 965. The fourth-order valence-corrected chi connectivity index (χ4v) is 2.73. The van der Waals surface area contributed by atoms with Gasteiger partial charge in [0.05, 0.1) is 5.69 Å². The fourth-order valence-electron chi connectivity index (χ4n) is 2.73. The molecule has 0 fully saturated rings. The van der Waals surface area contributed by atoms with Gasteiger partial charge in [-0.3, -0.25) is 0 Å². The first-order chi connectivity index (χ1) is 13.8. The van der Waals surface area contributed by atoms with Crippen LogP contribution in [-0.2, 0) is 11.3 Å². The number of amides is 1. The molecule has 0 radical (unpaired) electrons. The van der Waals surface area contributed by atoms with Gasteiger partial charge in [0.2, 0.25) is 0 Å². The van der Waals surface area contributed by atoms with Crippen LogP contribution in [0, 0.1) is 6.92 Å². The van der Waals surface area contributed by atoms with E-state index in [0.717, 1.165) is 11.1 Å². The summed E-state index contributed by atoms with van der Waals surface area (Å²) < 4.78 is 11.5. The predicted molar refractivity (Wildman–Crippen MR) is 115 cm³/mol. The summed E-state index contributed by atoms with van der Waals surface area (Å²) >= 11 is 0. The summed E-state index contributed by atoms with van der Waals surface area (Å²) in [6, 6.07) is 21.0. The average Bonchev–Trinajstić information content (AvgIpc) is 2.66. The lowest BCUT2D eigenvalue weighted by Gasteiger charge is -2.27. The average molecular weight is 390 g/mol. The molecular weight excluding hydrogens is 364 g/mol. The maximum absolute atomic E-state index is 13.0. The molecule has 0 saturated carbocycles. The molecule has 5 nitrogen and oxygen atoms in total. The van der Waals surface area contributed by atoms with E-state index in [4.69, 9.17) is 9.47 Å². The van der Waals surface area contributed by atoms with E-state index < -0.39 is 11.7 Å². The van der Waals surface area contributed by atoms with Gasteiger partial charge >= 0.3 is 6.09 Å². The number of pyridine rings is 1. The molecule has 29 heavy (non-hydrogen) atoms. The number of carbonyl (C=O) groups excluding carboxylic acids is 1. The quantitative estimate of drug-likeness (QED) is 0.533. The van der Waals surface area contributed by atoms with Gasteiger partial charge in [-0.05, 0) is 63.1 Å².